The van der Waals surface area contributed by atoms with Gasteiger partial charge >= 0.3 is 0 Å². The molecule has 0 aliphatic rings. The first-order chi connectivity index (χ1) is 10.6. The predicted octanol–water partition coefficient (Wildman–Crippen LogP) is 4.66. The van der Waals surface area contributed by atoms with Gasteiger partial charge < -0.3 is 14.5 Å². The molecule has 1 N–H and O–H groups in total. The molecule has 112 valence electrons. The summed E-state index contributed by atoms with van der Waals surface area (Å²) in [5, 5.41) is 4.14. The number of para-hydroxylation sites is 1. The predicted molar refractivity (Wildman–Crippen MR) is 86.9 cm³/mol. The largest absolute Gasteiger partial charge is 0.495 e. The lowest BCUT2D eigenvalue weighted by Crippen LogP contribution is -2.12. The second-order valence-electron chi connectivity index (χ2n) is 4.86. The molecular weight excluding hydrogens is 302 g/mol. The van der Waals surface area contributed by atoms with Crippen LogP contribution in [0.25, 0.3) is 11.0 Å². The van der Waals surface area contributed by atoms with Crippen molar-refractivity contribution in [1.82, 2.24) is 0 Å². The van der Waals surface area contributed by atoms with Crippen LogP contribution in [0.15, 0.2) is 46.9 Å². The molecule has 22 heavy (non-hydrogen) atoms. The summed E-state index contributed by atoms with van der Waals surface area (Å²) < 4.78 is 10.7. The summed E-state index contributed by atoms with van der Waals surface area (Å²) in [6.45, 7) is 1.86. The minimum atomic E-state index is -0.310. The molecule has 5 heteroatoms. The van der Waals surface area contributed by atoms with Crippen LogP contribution in [-0.2, 0) is 0 Å². The first-order valence-electron chi connectivity index (χ1n) is 6.73. The molecule has 0 unspecified atom stereocenters. The molecule has 2 aromatic carbocycles. The number of benzene rings is 2. The number of hydrogen-bond acceptors (Lipinski definition) is 3. The summed E-state index contributed by atoms with van der Waals surface area (Å²) >= 11 is 6.05. The first-order valence-corrected chi connectivity index (χ1v) is 7.11. The maximum atomic E-state index is 12.4. The van der Waals surface area contributed by atoms with Gasteiger partial charge in [-0.2, -0.15) is 0 Å². The number of rotatable bonds is 3. The zero-order chi connectivity index (χ0) is 15.7. The van der Waals surface area contributed by atoms with Gasteiger partial charge in [0.05, 0.1) is 12.1 Å². The van der Waals surface area contributed by atoms with Gasteiger partial charge in [-0.25, -0.2) is 0 Å². The van der Waals surface area contributed by atoms with Crippen molar-refractivity contribution < 1.29 is 13.9 Å². The Bertz CT molecular complexity index is 854. The fraction of sp³-hybridized carbons (Fsp3) is 0.118. The summed E-state index contributed by atoms with van der Waals surface area (Å²) in [5.74, 6) is 0.544. The molecule has 0 radical (unpaired) electrons. The third kappa shape index (κ3) is 2.53. The molecule has 1 heterocycles. The van der Waals surface area contributed by atoms with Crippen molar-refractivity contribution in [2.24, 2.45) is 0 Å². The maximum Gasteiger partial charge on any atom is 0.291 e. The van der Waals surface area contributed by atoms with Crippen LogP contribution in [0.2, 0.25) is 5.02 Å². The normalized spacial score (nSPS) is 10.7. The average Bonchev–Trinajstić information content (AvgIpc) is 2.85. The number of amides is 1. The molecule has 1 amide bonds. The molecule has 0 bridgehead atoms. The van der Waals surface area contributed by atoms with Crippen molar-refractivity contribution in [3.63, 3.8) is 0 Å². The highest BCUT2D eigenvalue weighted by atomic mass is 35.5. The highest BCUT2D eigenvalue weighted by Gasteiger charge is 2.17. The standard InChI is InChI=1S/C17H14ClNO3/c1-10-12-5-3-4-6-14(12)22-16(10)17(20)19-11-7-8-15(21-2)13(18)9-11/h3-9H,1-2H3,(H,19,20). The molecule has 0 saturated carbocycles. The number of anilines is 1. The second-order valence-corrected chi connectivity index (χ2v) is 5.26. The van der Waals surface area contributed by atoms with Crippen LogP contribution in [0.3, 0.4) is 0 Å². The van der Waals surface area contributed by atoms with Crippen molar-refractivity contribution in [2.75, 3.05) is 12.4 Å². The van der Waals surface area contributed by atoms with E-state index in [1.165, 1.54) is 7.11 Å². The third-order valence-electron chi connectivity index (χ3n) is 3.46. The van der Waals surface area contributed by atoms with Crippen LogP contribution >= 0.6 is 11.6 Å². The lowest BCUT2D eigenvalue weighted by atomic mass is 10.1. The summed E-state index contributed by atoms with van der Waals surface area (Å²) in [5.41, 5.74) is 2.08. The van der Waals surface area contributed by atoms with Gasteiger partial charge in [0.2, 0.25) is 0 Å². The van der Waals surface area contributed by atoms with Crippen molar-refractivity contribution in [3.8, 4) is 5.75 Å². The van der Waals surface area contributed by atoms with Crippen molar-refractivity contribution >= 4 is 34.2 Å². The van der Waals surface area contributed by atoms with E-state index in [1.54, 1.807) is 18.2 Å². The number of methoxy groups -OCH3 is 1. The van der Waals surface area contributed by atoms with Crippen LogP contribution < -0.4 is 10.1 Å². The number of ether oxygens (including phenoxy) is 1. The number of hydrogen-bond donors (Lipinski definition) is 1. The van der Waals surface area contributed by atoms with E-state index in [0.717, 1.165) is 10.9 Å². The molecule has 3 rings (SSSR count). The summed E-state index contributed by atoms with van der Waals surface area (Å²) in [6, 6.07) is 12.6. The van der Waals surface area contributed by atoms with Crippen molar-refractivity contribution in [3.05, 3.63) is 58.8 Å². The number of carbonyl (C=O) groups is 1. The van der Waals surface area contributed by atoms with Gasteiger partial charge in [-0.3, -0.25) is 4.79 Å². The number of fused-ring (bicyclic) bond motifs is 1. The number of furan rings is 1. The van der Waals surface area contributed by atoms with E-state index in [1.807, 2.05) is 31.2 Å². The number of carbonyl (C=O) groups excluding carboxylic acids is 1. The van der Waals surface area contributed by atoms with E-state index in [2.05, 4.69) is 5.32 Å². The number of halogens is 1. The quantitative estimate of drug-likeness (QED) is 0.765. The van der Waals surface area contributed by atoms with Gasteiger partial charge in [-0.1, -0.05) is 29.8 Å². The van der Waals surface area contributed by atoms with Crippen molar-refractivity contribution in [2.45, 2.75) is 6.92 Å². The van der Waals surface area contributed by atoms with E-state index in [-0.39, 0.29) is 5.91 Å². The Hall–Kier alpha value is -2.46. The highest BCUT2D eigenvalue weighted by Crippen LogP contribution is 2.29. The Morgan fingerprint density at radius 2 is 2.00 bits per heavy atom. The van der Waals surface area contributed by atoms with Gasteiger partial charge in [0.25, 0.3) is 5.91 Å². The second kappa shape index (κ2) is 5.73. The zero-order valence-corrected chi connectivity index (χ0v) is 12.9. The van der Waals surface area contributed by atoms with Gasteiger partial charge in [-0.05, 0) is 31.2 Å². The summed E-state index contributed by atoms with van der Waals surface area (Å²) in [7, 11) is 1.54. The summed E-state index contributed by atoms with van der Waals surface area (Å²) in [4.78, 5) is 12.4. The lowest BCUT2D eigenvalue weighted by Gasteiger charge is -2.07. The Morgan fingerprint density at radius 1 is 1.23 bits per heavy atom. The average molecular weight is 316 g/mol. The molecule has 3 aromatic rings. The molecule has 1 aromatic heterocycles. The van der Waals surface area contributed by atoms with E-state index < -0.39 is 0 Å². The Labute approximate surface area is 132 Å². The van der Waals surface area contributed by atoms with Gasteiger partial charge in [0.15, 0.2) is 5.76 Å². The van der Waals surface area contributed by atoms with Gasteiger partial charge in [0.1, 0.15) is 11.3 Å². The smallest absolute Gasteiger partial charge is 0.291 e. The first kappa shape index (κ1) is 14.5. The molecule has 0 fully saturated rings. The van der Waals surface area contributed by atoms with Gasteiger partial charge in [-0.15, -0.1) is 0 Å². The fourth-order valence-corrected chi connectivity index (χ4v) is 2.58. The maximum absolute atomic E-state index is 12.4. The Morgan fingerprint density at radius 3 is 2.68 bits per heavy atom. The topological polar surface area (TPSA) is 51.5 Å². The van der Waals surface area contributed by atoms with Gasteiger partial charge in [0, 0.05) is 16.6 Å². The van der Waals surface area contributed by atoms with Crippen molar-refractivity contribution in [1.29, 1.82) is 0 Å². The van der Waals surface area contributed by atoms with E-state index in [9.17, 15) is 4.79 Å². The Kier molecular flexibility index (Phi) is 3.77. The molecule has 0 saturated heterocycles. The van der Waals surface area contributed by atoms with E-state index in [4.69, 9.17) is 20.8 Å². The minimum absolute atomic E-state index is 0.299. The monoisotopic (exact) mass is 315 g/mol. The SMILES string of the molecule is COc1ccc(NC(=O)c2oc3ccccc3c2C)cc1Cl. The molecular formula is C17H14ClNO3. The minimum Gasteiger partial charge on any atom is -0.495 e. The summed E-state index contributed by atoms with van der Waals surface area (Å²) in [6.07, 6.45) is 0. The molecule has 4 nitrogen and oxygen atoms in total. The lowest BCUT2D eigenvalue weighted by molar-refractivity contribution is 0.0998. The van der Waals surface area contributed by atoms with Crippen LogP contribution in [0, 0.1) is 6.92 Å². The number of nitrogens with one attached hydrogen (secondary N) is 1. The third-order valence-corrected chi connectivity index (χ3v) is 3.75. The highest BCUT2D eigenvalue weighted by molar-refractivity contribution is 6.32. The van der Waals surface area contributed by atoms with Crippen LogP contribution in [0.5, 0.6) is 5.75 Å². The van der Waals surface area contributed by atoms with Crippen LogP contribution in [-0.4, -0.2) is 13.0 Å². The molecule has 0 aliphatic heterocycles. The molecule has 0 atom stereocenters. The zero-order valence-electron chi connectivity index (χ0n) is 12.1. The Balaban J connectivity index is 1.90. The van der Waals surface area contributed by atoms with E-state index in [0.29, 0.717) is 27.8 Å². The number of aryl methyl sites for hydroxylation is 1. The van der Waals surface area contributed by atoms with Crippen LogP contribution in [0.4, 0.5) is 5.69 Å². The fourth-order valence-electron chi connectivity index (χ4n) is 2.32. The molecule has 0 aliphatic carbocycles. The van der Waals surface area contributed by atoms with E-state index >= 15 is 0 Å². The van der Waals surface area contributed by atoms with Crippen LogP contribution in [0.1, 0.15) is 16.1 Å². The molecule has 0 spiro atoms.